The molecule has 2 atom stereocenters. The summed E-state index contributed by atoms with van der Waals surface area (Å²) in [5.74, 6) is 0.503. The molecular weight excluding hydrogens is 396 g/mol. The molecule has 0 fully saturated rings. The summed E-state index contributed by atoms with van der Waals surface area (Å²) in [6.45, 7) is 9.46. The zero-order valence-electron chi connectivity index (χ0n) is 20.2. The van der Waals surface area contributed by atoms with Crippen LogP contribution in [0.4, 0.5) is 0 Å². The van der Waals surface area contributed by atoms with Crippen molar-refractivity contribution in [1.82, 2.24) is 0 Å². The van der Waals surface area contributed by atoms with Gasteiger partial charge in [0.25, 0.3) is 0 Å². The summed E-state index contributed by atoms with van der Waals surface area (Å²) in [6, 6.07) is 25.3. The third-order valence-corrected chi connectivity index (χ3v) is 8.51. The van der Waals surface area contributed by atoms with Gasteiger partial charge in [0.15, 0.2) is 0 Å². The molecule has 4 aromatic carbocycles. The fourth-order valence-electron chi connectivity index (χ4n) is 6.69. The van der Waals surface area contributed by atoms with E-state index in [1.807, 2.05) is 0 Å². The van der Waals surface area contributed by atoms with Gasteiger partial charge in [-0.15, -0.1) is 0 Å². The zero-order valence-corrected chi connectivity index (χ0v) is 20.2. The molecule has 0 unspecified atom stereocenters. The summed E-state index contributed by atoms with van der Waals surface area (Å²) in [5.41, 5.74) is 10.1. The van der Waals surface area contributed by atoms with Crippen molar-refractivity contribution >= 4 is 27.6 Å². The van der Waals surface area contributed by atoms with Gasteiger partial charge in [-0.3, -0.25) is 0 Å². The number of allylic oxidation sites excluding steroid dienone is 1. The SMILES string of the molecule is CCCC[C@@H]1C=Cc2cccc3c2[C@@]1(C)c1c-3c2cccc(ccc3cccc1c3C)c2C. The normalized spacial score (nSPS) is 20.2. The Kier molecular flexibility index (Phi) is 4.63. The molecule has 0 saturated heterocycles. The van der Waals surface area contributed by atoms with Gasteiger partial charge in [-0.2, -0.15) is 0 Å². The maximum atomic E-state index is 2.54. The Labute approximate surface area is 197 Å². The molecule has 0 spiro atoms. The first-order valence-electron chi connectivity index (χ1n) is 12.5. The second-order valence-corrected chi connectivity index (χ2v) is 10.2. The Morgan fingerprint density at radius 2 is 1.42 bits per heavy atom. The van der Waals surface area contributed by atoms with Crippen LogP contribution in [0.2, 0.25) is 0 Å². The molecule has 0 nitrogen and oxygen atoms in total. The number of unbranched alkanes of at least 4 members (excludes halogenated alkanes) is 1. The predicted molar refractivity (Wildman–Crippen MR) is 144 cm³/mol. The molecule has 0 amide bonds. The number of aryl methyl sites for hydroxylation is 2. The average Bonchev–Trinajstić information content (AvgIpc) is 3.09. The van der Waals surface area contributed by atoms with Gasteiger partial charge < -0.3 is 0 Å². The van der Waals surface area contributed by atoms with E-state index in [0.717, 1.165) is 0 Å². The lowest BCUT2D eigenvalue weighted by atomic mass is 9.64. The van der Waals surface area contributed by atoms with Gasteiger partial charge >= 0.3 is 0 Å². The predicted octanol–water partition coefficient (Wildman–Crippen LogP) is 9.29. The Balaban J connectivity index is 1.89. The summed E-state index contributed by atoms with van der Waals surface area (Å²) in [5, 5.41) is 5.44. The van der Waals surface area contributed by atoms with Gasteiger partial charge in [-0.1, -0.05) is 106 Å². The van der Waals surface area contributed by atoms with Crippen LogP contribution in [0.5, 0.6) is 0 Å². The van der Waals surface area contributed by atoms with E-state index in [9.17, 15) is 0 Å². The first kappa shape index (κ1) is 20.5. The van der Waals surface area contributed by atoms with Crippen molar-refractivity contribution in [1.29, 1.82) is 0 Å². The van der Waals surface area contributed by atoms with Crippen molar-refractivity contribution in [3.8, 4) is 11.1 Å². The third kappa shape index (κ3) is 2.76. The summed E-state index contributed by atoms with van der Waals surface area (Å²) in [4.78, 5) is 0. The number of benzene rings is 3. The Hall–Kier alpha value is -3.12. The average molecular weight is 429 g/mol. The molecule has 164 valence electrons. The molecule has 4 aromatic rings. The minimum Gasteiger partial charge on any atom is -0.0796 e. The van der Waals surface area contributed by atoms with Gasteiger partial charge in [0.2, 0.25) is 0 Å². The standard InChI is InChI=1S/C33H32/c1-5-6-13-26-20-19-25-12-9-16-29-30-27-14-7-10-23(21(27)2)17-18-24-11-8-15-28(22(24)3)32(30)33(26,4)31(25)29/h7-12,14-20,26H,5-6,13H2,1-4H3/t26-,33+/m1/s1. The molecule has 0 N–H and O–H groups in total. The Morgan fingerprint density at radius 3 is 2.15 bits per heavy atom. The fourth-order valence-corrected chi connectivity index (χ4v) is 6.69. The van der Waals surface area contributed by atoms with Crippen molar-refractivity contribution in [3.05, 3.63) is 101 Å². The number of hydrogen-bond acceptors (Lipinski definition) is 0. The highest BCUT2D eigenvalue weighted by Gasteiger charge is 2.47. The molecule has 6 rings (SSSR count). The van der Waals surface area contributed by atoms with Crippen molar-refractivity contribution in [2.45, 2.75) is 52.4 Å². The van der Waals surface area contributed by atoms with Crippen LogP contribution in [0.15, 0.2) is 72.8 Å². The van der Waals surface area contributed by atoms with Crippen LogP contribution >= 0.6 is 0 Å². The first-order valence-corrected chi connectivity index (χ1v) is 12.5. The van der Waals surface area contributed by atoms with E-state index in [0.29, 0.717) is 5.92 Å². The van der Waals surface area contributed by atoms with E-state index >= 15 is 0 Å². The minimum atomic E-state index is -0.0279. The Morgan fingerprint density at radius 1 is 0.758 bits per heavy atom. The quantitative estimate of drug-likeness (QED) is 0.305. The van der Waals surface area contributed by atoms with E-state index < -0.39 is 0 Å². The maximum Gasteiger partial charge on any atom is 0.0261 e. The minimum absolute atomic E-state index is 0.0279. The van der Waals surface area contributed by atoms with E-state index in [1.165, 1.54) is 74.2 Å². The van der Waals surface area contributed by atoms with E-state index in [4.69, 9.17) is 0 Å². The van der Waals surface area contributed by atoms with Gasteiger partial charge in [0, 0.05) is 5.41 Å². The number of fused-ring (bicyclic) bond motifs is 9. The van der Waals surface area contributed by atoms with Crippen LogP contribution in [-0.4, -0.2) is 0 Å². The third-order valence-electron chi connectivity index (χ3n) is 8.51. The van der Waals surface area contributed by atoms with Gasteiger partial charge in [0.1, 0.15) is 0 Å². The first-order chi connectivity index (χ1) is 16.1. The van der Waals surface area contributed by atoms with Gasteiger partial charge in [-0.25, -0.2) is 0 Å². The van der Waals surface area contributed by atoms with Gasteiger partial charge in [-0.05, 0) is 86.7 Å². The molecule has 4 bridgehead atoms. The fraction of sp³-hybridized carbons (Fsp3) is 0.273. The lowest BCUT2D eigenvalue weighted by Gasteiger charge is -2.39. The molecule has 0 aromatic heterocycles. The summed E-state index contributed by atoms with van der Waals surface area (Å²) in [7, 11) is 0. The van der Waals surface area contributed by atoms with E-state index in [-0.39, 0.29) is 5.41 Å². The highest BCUT2D eigenvalue weighted by molar-refractivity contribution is 6.02. The van der Waals surface area contributed by atoms with Crippen LogP contribution in [0, 0.1) is 19.8 Å². The summed E-state index contributed by atoms with van der Waals surface area (Å²) in [6.07, 6.45) is 8.64. The molecule has 0 aliphatic heterocycles. The molecule has 0 heterocycles. The summed E-state index contributed by atoms with van der Waals surface area (Å²) >= 11 is 0. The second-order valence-electron chi connectivity index (χ2n) is 10.2. The topological polar surface area (TPSA) is 0 Å². The monoisotopic (exact) mass is 428 g/mol. The van der Waals surface area contributed by atoms with E-state index in [2.05, 4.69) is 107 Å². The second kappa shape index (κ2) is 7.45. The van der Waals surface area contributed by atoms with Crippen molar-refractivity contribution in [3.63, 3.8) is 0 Å². The molecule has 2 aliphatic carbocycles. The smallest absolute Gasteiger partial charge is 0.0261 e. The molecule has 0 heteroatoms. The molecule has 2 aliphatic rings. The molecule has 33 heavy (non-hydrogen) atoms. The Bertz CT molecular complexity index is 1480. The van der Waals surface area contributed by atoms with Crippen LogP contribution in [0.1, 0.15) is 60.9 Å². The molecular formula is C33H32. The lowest BCUT2D eigenvalue weighted by Crippen LogP contribution is -2.33. The van der Waals surface area contributed by atoms with Gasteiger partial charge in [0.05, 0.1) is 0 Å². The number of hydrogen-bond donors (Lipinski definition) is 0. The van der Waals surface area contributed by atoms with Crippen LogP contribution in [-0.2, 0) is 5.41 Å². The zero-order chi connectivity index (χ0) is 22.7. The van der Waals surface area contributed by atoms with Crippen LogP contribution < -0.4 is 0 Å². The molecule has 0 radical (unpaired) electrons. The van der Waals surface area contributed by atoms with Crippen molar-refractivity contribution < 1.29 is 0 Å². The largest absolute Gasteiger partial charge is 0.0796 e. The highest BCUT2D eigenvalue weighted by Crippen LogP contribution is 2.59. The van der Waals surface area contributed by atoms with Crippen LogP contribution in [0.3, 0.4) is 0 Å². The summed E-state index contributed by atoms with van der Waals surface area (Å²) < 4.78 is 0. The van der Waals surface area contributed by atoms with Crippen molar-refractivity contribution in [2.24, 2.45) is 5.92 Å². The maximum absolute atomic E-state index is 2.54. The number of rotatable bonds is 3. The lowest BCUT2D eigenvalue weighted by molar-refractivity contribution is 0.387. The highest BCUT2D eigenvalue weighted by atomic mass is 14.5. The molecule has 0 saturated carbocycles. The van der Waals surface area contributed by atoms with Crippen molar-refractivity contribution in [2.75, 3.05) is 0 Å². The van der Waals surface area contributed by atoms with Crippen LogP contribution in [0.25, 0.3) is 38.7 Å². The van der Waals surface area contributed by atoms with E-state index in [1.54, 1.807) is 5.56 Å².